The first-order chi connectivity index (χ1) is 12.4. The van der Waals surface area contributed by atoms with Crippen LogP contribution in [0.5, 0.6) is 0 Å². The summed E-state index contributed by atoms with van der Waals surface area (Å²) in [5.41, 5.74) is 0.353. The van der Waals surface area contributed by atoms with Gasteiger partial charge < -0.3 is 10.1 Å². The molecule has 3 rings (SSSR count). The van der Waals surface area contributed by atoms with E-state index >= 15 is 0 Å². The number of halogens is 2. The fourth-order valence-corrected chi connectivity index (χ4v) is 4.35. The smallest absolute Gasteiger partial charge is 0.248 e. The van der Waals surface area contributed by atoms with Crippen LogP contribution in [0.15, 0.2) is 23.4 Å². The molecule has 3 N–H and O–H groups in total. The van der Waals surface area contributed by atoms with Crippen molar-refractivity contribution in [2.24, 2.45) is 22.9 Å². The fourth-order valence-electron chi connectivity index (χ4n) is 3.94. The number of carbonyl (C=O) groups excluding carboxylic acids is 1. The number of amides is 1. The zero-order valence-electron chi connectivity index (χ0n) is 14.3. The summed E-state index contributed by atoms with van der Waals surface area (Å²) in [7, 11) is -1.78. The Balaban J connectivity index is 1.76. The minimum Gasteiger partial charge on any atom is -0.381 e. The minimum absolute atomic E-state index is 0.119. The number of ether oxygens (including phenoxy) is 1. The highest BCUT2D eigenvalue weighted by molar-refractivity contribution is 7.82. The number of rotatable bonds is 4. The number of carbonyl (C=O) groups is 1. The number of aromatic nitrogens is 1. The van der Waals surface area contributed by atoms with E-state index < -0.39 is 35.2 Å². The Morgan fingerprint density at radius 3 is 2.92 bits per heavy atom. The lowest BCUT2D eigenvalue weighted by molar-refractivity contribution is -0.136. The van der Waals surface area contributed by atoms with Gasteiger partial charge in [-0.25, -0.2) is 23.1 Å². The molecule has 1 saturated carbocycles. The molecule has 26 heavy (non-hydrogen) atoms. The van der Waals surface area contributed by atoms with E-state index in [1.54, 1.807) is 0 Å². The highest BCUT2D eigenvalue weighted by atomic mass is 32.2. The summed E-state index contributed by atoms with van der Waals surface area (Å²) in [6.45, 7) is 1.21. The predicted molar refractivity (Wildman–Crippen MR) is 92.8 cm³/mol. The summed E-state index contributed by atoms with van der Waals surface area (Å²) in [6, 6.07) is 2.92. The molecule has 3 unspecified atom stereocenters. The first kappa shape index (κ1) is 19.3. The van der Waals surface area contributed by atoms with Gasteiger partial charge in [-0.05, 0) is 43.2 Å². The number of pyridine rings is 1. The Morgan fingerprint density at radius 1 is 1.42 bits per heavy atom. The lowest BCUT2D eigenvalue weighted by Crippen LogP contribution is -2.44. The number of hydrogen-bond acceptors (Lipinski definition) is 4. The molecule has 1 aliphatic carbocycles. The van der Waals surface area contributed by atoms with Gasteiger partial charge in [-0.3, -0.25) is 4.79 Å². The first-order valence-corrected chi connectivity index (χ1v) is 9.96. The van der Waals surface area contributed by atoms with Gasteiger partial charge in [0.2, 0.25) is 11.8 Å². The summed E-state index contributed by atoms with van der Waals surface area (Å²) in [4.78, 5) is 16.6. The van der Waals surface area contributed by atoms with E-state index in [1.165, 1.54) is 18.3 Å². The Labute approximate surface area is 153 Å². The summed E-state index contributed by atoms with van der Waals surface area (Å²) in [6.07, 6.45) is 2.82. The summed E-state index contributed by atoms with van der Waals surface area (Å²) >= 11 is 0. The predicted octanol–water partition coefficient (Wildman–Crippen LogP) is 2.48. The molecule has 1 aliphatic heterocycles. The molecule has 1 saturated heterocycles. The van der Waals surface area contributed by atoms with Gasteiger partial charge in [-0.2, -0.15) is 0 Å². The molecular formula is C17H23F2N3O3S. The maximum atomic E-state index is 14.0. The van der Waals surface area contributed by atoms with E-state index in [4.69, 9.17) is 9.88 Å². The molecule has 0 radical (unpaired) electrons. The van der Waals surface area contributed by atoms with Crippen molar-refractivity contribution in [3.63, 3.8) is 0 Å². The van der Waals surface area contributed by atoms with Crippen LogP contribution in [0, 0.1) is 17.8 Å². The van der Waals surface area contributed by atoms with Gasteiger partial charge in [0.1, 0.15) is 16.0 Å². The molecule has 4 atom stereocenters. The molecule has 1 aromatic heterocycles. The van der Waals surface area contributed by atoms with Crippen molar-refractivity contribution in [1.29, 1.82) is 0 Å². The second kappa shape index (κ2) is 8.06. The number of hydrogen-bond donors (Lipinski definition) is 2. The molecule has 6 nitrogen and oxygen atoms in total. The monoisotopic (exact) mass is 387 g/mol. The second-order valence-electron chi connectivity index (χ2n) is 7.02. The van der Waals surface area contributed by atoms with Crippen LogP contribution in [0.25, 0.3) is 0 Å². The largest absolute Gasteiger partial charge is 0.381 e. The van der Waals surface area contributed by atoms with Crippen LogP contribution >= 0.6 is 0 Å². The lowest BCUT2D eigenvalue weighted by Gasteiger charge is -2.40. The Hall–Kier alpha value is -1.45. The van der Waals surface area contributed by atoms with Crippen molar-refractivity contribution in [3.05, 3.63) is 18.3 Å². The van der Waals surface area contributed by atoms with Crippen LogP contribution in [0.3, 0.4) is 0 Å². The van der Waals surface area contributed by atoms with Crippen molar-refractivity contribution in [2.75, 3.05) is 18.5 Å². The zero-order valence-corrected chi connectivity index (χ0v) is 15.1. The average Bonchev–Trinajstić information content (AvgIpc) is 2.62. The molecule has 2 fully saturated rings. The number of anilines is 1. The minimum atomic E-state index is -2.84. The van der Waals surface area contributed by atoms with E-state index in [1.807, 2.05) is 0 Å². The zero-order chi connectivity index (χ0) is 18.7. The quantitative estimate of drug-likeness (QED) is 0.830. The molecule has 0 bridgehead atoms. The van der Waals surface area contributed by atoms with Crippen LogP contribution < -0.4 is 10.5 Å². The van der Waals surface area contributed by atoms with Gasteiger partial charge in [0.25, 0.3) is 0 Å². The molecule has 9 heteroatoms. The van der Waals surface area contributed by atoms with Gasteiger partial charge in [0.15, 0.2) is 0 Å². The standard InChI is InChI=1S/C17H23F2N3O3S/c18-17(19)5-3-13(11-2-1-7-25-10-11)14(9-17)16(23)22-12-4-6-21-15(8-12)26(20)24/h4,6,8,11,13-14H,1-3,5,7,9-10,20H2,(H,21,22,23)/t11?,13?,14-,26?/m1/s1. The average molecular weight is 387 g/mol. The molecule has 0 spiro atoms. The molecule has 2 aliphatic rings. The van der Waals surface area contributed by atoms with E-state index in [0.717, 1.165) is 12.8 Å². The lowest BCUT2D eigenvalue weighted by atomic mass is 9.69. The van der Waals surface area contributed by atoms with Gasteiger partial charge in [0, 0.05) is 43.9 Å². The Morgan fingerprint density at radius 2 is 2.23 bits per heavy atom. The second-order valence-corrected chi connectivity index (χ2v) is 8.03. The van der Waals surface area contributed by atoms with Crippen molar-refractivity contribution in [3.8, 4) is 0 Å². The van der Waals surface area contributed by atoms with Gasteiger partial charge in [-0.15, -0.1) is 0 Å². The van der Waals surface area contributed by atoms with Crippen LogP contribution in [0.2, 0.25) is 0 Å². The maximum Gasteiger partial charge on any atom is 0.248 e. The van der Waals surface area contributed by atoms with Gasteiger partial charge in [-0.1, -0.05) is 0 Å². The van der Waals surface area contributed by atoms with Crippen molar-refractivity contribution in [1.82, 2.24) is 4.98 Å². The fraction of sp³-hybridized carbons (Fsp3) is 0.647. The number of nitrogens with one attached hydrogen (secondary N) is 1. The maximum absolute atomic E-state index is 14.0. The highest BCUT2D eigenvalue weighted by Gasteiger charge is 2.47. The molecule has 1 amide bonds. The van der Waals surface area contributed by atoms with Crippen LogP contribution in [-0.4, -0.2) is 34.2 Å². The van der Waals surface area contributed by atoms with E-state index in [0.29, 0.717) is 25.3 Å². The molecule has 2 heterocycles. The normalized spacial score (nSPS) is 29.7. The SMILES string of the molecule is NS(=O)c1cc(NC(=O)[C@@H]2CC(F)(F)CCC2C2CCCOC2)ccn1. The number of alkyl halides is 2. The first-order valence-electron chi connectivity index (χ1n) is 8.74. The van der Waals surface area contributed by atoms with Crippen molar-refractivity contribution < 1.29 is 22.5 Å². The highest BCUT2D eigenvalue weighted by Crippen LogP contribution is 2.45. The third kappa shape index (κ3) is 4.63. The van der Waals surface area contributed by atoms with Gasteiger partial charge in [0.05, 0.1) is 0 Å². The summed E-state index contributed by atoms with van der Waals surface area (Å²) < 4.78 is 44.8. The van der Waals surface area contributed by atoms with E-state index in [2.05, 4.69) is 10.3 Å². The van der Waals surface area contributed by atoms with Gasteiger partial charge >= 0.3 is 0 Å². The number of nitrogens with zero attached hydrogens (tertiary/aromatic N) is 1. The van der Waals surface area contributed by atoms with Crippen molar-refractivity contribution >= 4 is 22.6 Å². The van der Waals surface area contributed by atoms with E-state index in [-0.39, 0.29) is 23.3 Å². The Bertz CT molecular complexity index is 683. The summed E-state index contributed by atoms with van der Waals surface area (Å²) in [5, 5.41) is 8.09. The van der Waals surface area contributed by atoms with Crippen molar-refractivity contribution in [2.45, 2.75) is 43.1 Å². The molecule has 0 aromatic carbocycles. The summed E-state index contributed by atoms with van der Waals surface area (Å²) in [5.74, 6) is -4.07. The third-order valence-electron chi connectivity index (χ3n) is 5.23. The third-order valence-corrected chi connectivity index (χ3v) is 5.86. The van der Waals surface area contributed by atoms with Crippen LogP contribution in [0.1, 0.15) is 32.1 Å². The number of nitrogens with two attached hydrogens (primary N) is 1. The Kier molecular flexibility index (Phi) is 5.99. The van der Waals surface area contributed by atoms with Crippen LogP contribution in [0.4, 0.5) is 14.5 Å². The molecule has 144 valence electrons. The molecular weight excluding hydrogens is 364 g/mol. The molecule has 1 aromatic rings. The van der Waals surface area contributed by atoms with E-state index in [9.17, 15) is 17.8 Å². The topological polar surface area (TPSA) is 94.3 Å². The van der Waals surface area contributed by atoms with Crippen LogP contribution in [-0.2, 0) is 20.5 Å².